The Morgan fingerprint density at radius 3 is 2.50 bits per heavy atom. The van der Waals surface area contributed by atoms with Gasteiger partial charge in [0.1, 0.15) is 0 Å². The molecule has 92 valence electrons. The van der Waals surface area contributed by atoms with Crippen molar-refractivity contribution in [2.45, 2.75) is 62.9 Å². The molecule has 1 saturated heterocycles. The van der Waals surface area contributed by atoms with Crippen LogP contribution in [-0.2, 0) is 9.47 Å². The molecular weight excluding hydrogens is 204 g/mol. The number of hydrogen-bond donors (Lipinski definition) is 1. The van der Waals surface area contributed by atoms with Crippen LogP contribution in [0, 0.1) is 0 Å². The topological polar surface area (TPSA) is 38.7 Å². The van der Waals surface area contributed by atoms with E-state index in [1.807, 2.05) is 6.08 Å². The van der Waals surface area contributed by atoms with Crippen molar-refractivity contribution >= 4 is 0 Å². The zero-order chi connectivity index (χ0) is 11.4. The largest absolute Gasteiger partial charge is 0.396 e. The van der Waals surface area contributed by atoms with Gasteiger partial charge in [0.15, 0.2) is 5.79 Å². The van der Waals surface area contributed by atoms with Gasteiger partial charge in [0.05, 0.1) is 12.2 Å². The predicted molar refractivity (Wildman–Crippen MR) is 62.1 cm³/mol. The highest BCUT2D eigenvalue weighted by atomic mass is 16.8. The van der Waals surface area contributed by atoms with Crippen LogP contribution in [0.4, 0.5) is 0 Å². The van der Waals surface area contributed by atoms with Crippen molar-refractivity contribution in [2.24, 2.45) is 0 Å². The zero-order valence-electron chi connectivity index (χ0n) is 9.86. The number of aliphatic hydroxyl groups excluding tert-OH is 1. The Morgan fingerprint density at radius 1 is 1.19 bits per heavy atom. The van der Waals surface area contributed by atoms with Crippen molar-refractivity contribution in [1.82, 2.24) is 0 Å². The standard InChI is InChI=1S/C13H22O3/c1-2-6-11-12(7-10-14)16-13(15-11)8-4-3-5-9-13/h2,11-12,14H,1,3-10H2/t11-,12+/m1/s1. The smallest absolute Gasteiger partial charge is 0.169 e. The van der Waals surface area contributed by atoms with Crippen LogP contribution in [0.1, 0.15) is 44.9 Å². The maximum atomic E-state index is 9.04. The minimum absolute atomic E-state index is 0.0427. The lowest BCUT2D eigenvalue weighted by molar-refractivity contribution is -0.194. The van der Waals surface area contributed by atoms with E-state index >= 15 is 0 Å². The van der Waals surface area contributed by atoms with Crippen LogP contribution in [0.15, 0.2) is 12.7 Å². The van der Waals surface area contributed by atoms with E-state index in [-0.39, 0.29) is 24.6 Å². The van der Waals surface area contributed by atoms with E-state index in [4.69, 9.17) is 14.6 Å². The Balaban J connectivity index is 2.00. The Labute approximate surface area is 97.4 Å². The molecule has 0 aromatic rings. The van der Waals surface area contributed by atoms with Gasteiger partial charge in [-0.1, -0.05) is 12.5 Å². The first-order valence-corrected chi connectivity index (χ1v) is 6.37. The van der Waals surface area contributed by atoms with Crippen molar-refractivity contribution in [2.75, 3.05) is 6.61 Å². The first kappa shape index (κ1) is 12.1. The van der Waals surface area contributed by atoms with E-state index in [9.17, 15) is 0 Å². The van der Waals surface area contributed by atoms with E-state index in [1.165, 1.54) is 19.3 Å². The minimum Gasteiger partial charge on any atom is -0.396 e. The molecule has 1 spiro atoms. The summed E-state index contributed by atoms with van der Waals surface area (Å²) in [6.45, 7) is 3.92. The normalized spacial score (nSPS) is 33.1. The molecule has 3 heteroatoms. The Kier molecular flexibility index (Phi) is 4.00. The fourth-order valence-corrected chi connectivity index (χ4v) is 2.79. The average Bonchev–Trinajstić information content (AvgIpc) is 2.59. The minimum atomic E-state index is -0.342. The third-order valence-corrected chi connectivity index (χ3v) is 3.57. The van der Waals surface area contributed by atoms with Crippen molar-refractivity contribution in [3.63, 3.8) is 0 Å². The van der Waals surface area contributed by atoms with E-state index in [1.54, 1.807) is 0 Å². The molecule has 2 aliphatic rings. The summed E-state index contributed by atoms with van der Waals surface area (Å²) in [6, 6.07) is 0. The van der Waals surface area contributed by atoms with Gasteiger partial charge < -0.3 is 14.6 Å². The summed E-state index contributed by atoms with van der Waals surface area (Å²) in [5, 5.41) is 9.04. The van der Waals surface area contributed by atoms with Crippen LogP contribution < -0.4 is 0 Å². The van der Waals surface area contributed by atoms with Crippen LogP contribution in [-0.4, -0.2) is 29.7 Å². The Hall–Kier alpha value is -0.380. The van der Waals surface area contributed by atoms with Crippen LogP contribution >= 0.6 is 0 Å². The second kappa shape index (κ2) is 5.30. The molecule has 0 radical (unpaired) electrons. The van der Waals surface area contributed by atoms with Gasteiger partial charge in [-0.2, -0.15) is 0 Å². The van der Waals surface area contributed by atoms with E-state index < -0.39 is 0 Å². The zero-order valence-corrected chi connectivity index (χ0v) is 9.86. The van der Waals surface area contributed by atoms with E-state index in [0.717, 1.165) is 19.3 Å². The number of rotatable bonds is 4. The Morgan fingerprint density at radius 2 is 1.88 bits per heavy atom. The molecule has 16 heavy (non-hydrogen) atoms. The average molecular weight is 226 g/mol. The first-order chi connectivity index (χ1) is 7.79. The molecule has 3 nitrogen and oxygen atoms in total. The molecule has 1 N–H and O–H groups in total. The summed E-state index contributed by atoms with van der Waals surface area (Å²) in [5.74, 6) is -0.342. The predicted octanol–water partition coefficient (Wildman–Crippen LogP) is 2.39. The third kappa shape index (κ3) is 2.47. The second-order valence-electron chi connectivity index (χ2n) is 4.82. The van der Waals surface area contributed by atoms with Crippen molar-refractivity contribution in [3.05, 3.63) is 12.7 Å². The summed E-state index contributed by atoms with van der Waals surface area (Å²) in [6.07, 6.45) is 9.15. The van der Waals surface area contributed by atoms with Gasteiger partial charge in [-0.05, 0) is 25.7 Å². The SMILES string of the molecule is C=CC[C@H]1OC2(CCCCC2)O[C@H]1CCO. The van der Waals surface area contributed by atoms with Crippen LogP contribution in [0.25, 0.3) is 0 Å². The maximum absolute atomic E-state index is 9.04. The summed E-state index contributed by atoms with van der Waals surface area (Å²) in [5.41, 5.74) is 0. The monoisotopic (exact) mass is 226 g/mol. The lowest BCUT2D eigenvalue weighted by Crippen LogP contribution is -2.33. The van der Waals surface area contributed by atoms with Crippen LogP contribution in [0.2, 0.25) is 0 Å². The van der Waals surface area contributed by atoms with Crippen LogP contribution in [0.3, 0.4) is 0 Å². The summed E-state index contributed by atoms with van der Waals surface area (Å²) < 4.78 is 12.2. The van der Waals surface area contributed by atoms with Crippen molar-refractivity contribution in [1.29, 1.82) is 0 Å². The van der Waals surface area contributed by atoms with Gasteiger partial charge in [0.25, 0.3) is 0 Å². The molecule has 0 amide bonds. The molecule has 2 rings (SSSR count). The second-order valence-corrected chi connectivity index (χ2v) is 4.82. The van der Waals surface area contributed by atoms with Gasteiger partial charge in [-0.25, -0.2) is 0 Å². The molecule has 0 aromatic heterocycles. The molecule has 1 heterocycles. The van der Waals surface area contributed by atoms with Crippen LogP contribution in [0.5, 0.6) is 0 Å². The van der Waals surface area contributed by atoms with Crippen molar-refractivity contribution in [3.8, 4) is 0 Å². The van der Waals surface area contributed by atoms with Gasteiger partial charge >= 0.3 is 0 Å². The molecular formula is C13H22O3. The lowest BCUT2D eigenvalue weighted by atomic mass is 9.94. The molecule has 1 saturated carbocycles. The maximum Gasteiger partial charge on any atom is 0.169 e. The summed E-state index contributed by atoms with van der Waals surface area (Å²) in [7, 11) is 0. The molecule has 1 aliphatic carbocycles. The molecule has 0 bridgehead atoms. The number of ether oxygens (including phenoxy) is 2. The molecule has 1 aliphatic heterocycles. The van der Waals surface area contributed by atoms with Gasteiger partial charge in [-0.3, -0.25) is 0 Å². The molecule has 0 aromatic carbocycles. The van der Waals surface area contributed by atoms with Gasteiger partial charge in [0, 0.05) is 19.4 Å². The summed E-state index contributed by atoms with van der Waals surface area (Å²) in [4.78, 5) is 0. The number of aliphatic hydroxyl groups is 1. The highest BCUT2D eigenvalue weighted by Crippen LogP contribution is 2.42. The fraction of sp³-hybridized carbons (Fsp3) is 0.846. The molecule has 2 fully saturated rings. The van der Waals surface area contributed by atoms with E-state index in [2.05, 4.69) is 6.58 Å². The number of hydrogen-bond acceptors (Lipinski definition) is 3. The Bertz CT molecular complexity index is 233. The lowest BCUT2D eigenvalue weighted by Gasteiger charge is -2.32. The third-order valence-electron chi connectivity index (χ3n) is 3.57. The van der Waals surface area contributed by atoms with E-state index in [0.29, 0.717) is 6.42 Å². The molecule has 2 atom stereocenters. The highest BCUT2D eigenvalue weighted by molar-refractivity contribution is 4.91. The quantitative estimate of drug-likeness (QED) is 0.748. The highest BCUT2D eigenvalue weighted by Gasteiger charge is 2.46. The van der Waals surface area contributed by atoms with Crippen molar-refractivity contribution < 1.29 is 14.6 Å². The summed E-state index contributed by atoms with van der Waals surface area (Å²) >= 11 is 0. The van der Waals surface area contributed by atoms with Gasteiger partial charge in [-0.15, -0.1) is 6.58 Å². The molecule has 0 unspecified atom stereocenters. The van der Waals surface area contributed by atoms with Gasteiger partial charge in [0.2, 0.25) is 0 Å². The fourth-order valence-electron chi connectivity index (χ4n) is 2.79. The first-order valence-electron chi connectivity index (χ1n) is 6.37.